The van der Waals surface area contributed by atoms with Crippen LogP contribution in [0.25, 0.3) is 0 Å². The first-order valence-corrected chi connectivity index (χ1v) is 7.49. The second kappa shape index (κ2) is 7.43. The average molecular weight is 351 g/mol. The van der Waals surface area contributed by atoms with Gasteiger partial charge in [-0.1, -0.05) is 22.0 Å². The van der Waals surface area contributed by atoms with Gasteiger partial charge in [-0.05, 0) is 36.8 Å². The maximum atomic E-state index is 5.34. The fraction of sp³-hybridized carbons (Fsp3) is 0.312. The number of hydrogen-bond donors (Lipinski definition) is 1. The molecule has 0 spiro atoms. The molecule has 0 aliphatic heterocycles. The number of aromatic nitrogens is 1. The van der Waals surface area contributed by atoms with Gasteiger partial charge < -0.3 is 14.8 Å². The zero-order chi connectivity index (χ0) is 15.2. The Morgan fingerprint density at radius 3 is 2.52 bits per heavy atom. The Labute approximate surface area is 133 Å². The van der Waals surface area contributed by atoms with Gasteiger partial charge in [0.1, 0.15) is 0 Å². The molecule has 0 aliphatic carbocycles. The zero-order valence-corrected chi connectivity index (χ0v) is 14.0. The monoisotopic (exact) mass is 350 g/mol. The standard InChI is InChI=1S/C16H19BrN2O2/c1-11(14-6-4-5-7-18-14)19-10-12-8-15(20-2)16(21-3)9-13(12)17/h4-9,11,19H,10H2,1-3H3. The Hall–Kier alpha value is -1.59. The van der Waals surface area contributed by atoms with Gasteiger partial charge in [-0.2, -0.15) is 0 Å². The summed E-state index contributed by atoms with van der Waals surface area (Å²) in [6, 6.07) is 9.99. The predicted molar refractivity (Wildman–Crippen MR) is 86.7 cm³/mol. The van der Waals surface area contributed by atoms with Gasteiger partial charge in [0.05, 0.1) is 19.9 Å². The van der Waals surface area contributed by atoms with Crippen LogP contribution in [-0.2, 0) is 6.54 Å². The number of hydrogen-bond acceptors (Lipinski definition) is 4. The lowest BCUT2D eigenvalue weighted by Gasteiger charge is -2.16. The summed E-state index contributed by atoms with van der Waals surface area (Å²) >= 11 is 3.57. The maximum Gasteiger partial charge on any atom is 0.161 e. The van der Waals surface area contributed by atoms with Crippen molar-refractivity contribution in [3.63, 3.8) is 0 Å². The van der Waals surface area contributed by atoms with E-state index >= 15 is 0 Å². The molecule has 0 saturated carbocycles. The first-order chi connectivity index (χ1) is 10.2. The molecule has 0 bridgehead atoms. The van der Waals surface area contributed by atoms with Crippen LogP contribution >= 0.6 is 15.9 Å². The Morgan fingerprint density at radius 2 is 1.90 bits per heavy atom. The Morgan fingerprint density at radius 1 is 1.19 bits per heavy atom. The van der Waals surface area contributed by atoms with E-state index in [0.29, 0.717) is 12.3 Å². The fourth-order valence-corrected chi connectivity index (χ4v) is 2.49. The zero-order valence-electron chi connectivity index (χ0n) is 12.4. The summed E-state index contributed by atoms with van der Waals surface area (Å²) in [5.41, 5.74) is 2.13. The van der Waals surface area contributed by atoms with Gasteiger partial charge in [0.25, 0.3) is 0 Å². The van der Waals surface area contributed by atoms with E-state index in [-0.39, 0.29) is 6.04 Å². The van der Waals surface area contributed by atoms with Crippen molar-refractivity contribution < 1.29 is 9.47 Å². The summed E-state index contributed by atoms with van der Waals surface area (Å²) < 4.78 is 11.6. The molecule has 0 radical (unpaired) electrons. The molecular weight excluding hydrogens is 332 g/mol. The summed E-state index contributed by atoms with van der Waals surface area (Å²) in [4.78, 5) is 4.36. The van der Waals surface area contributed by atoms with Gasteiger partial charge in [0.2, 0.25) is 0 Å². The van der Waals surface area contributed by atoms with Crippen molar-refractivity contribution in [2.75, 3.05) is 14.2 Å². The number of nitrogens with zero attached hydrogens (tertiary/aromatic N) is 1. The van der Waals surface area contributed by atoms with Crippen molar-refractivity contribution in [2.45, 2.75) is 19.5 Å². The SMILES string of the molecule is COc1cc(Br)c(CNC(C)c2ccccn2)cc1OC. The third-order valence-electron chi connectivity index (χ3n) is 3.28. The van der Waals surface area contributed by atoms with Gasteiger partial charge in [-0.3, -0.25) is 4.98 Å². The van der Waals surface area contributed by atoms with Crippen LogP contribution in [0.15, 0.2) is 41.0 Å². The molecule has 21 heavy (non-hydrogen) atoms. The van der Waals surface area contributed by atoms with Crippen molar-refractivity contribution in [3.05, 3.63) is 52.3 Å². The lowest BCUT2D eigenvalue weighted by atomic mass is 10.1. The summed E-state index contributed by atoms with van der Waals surface area (Å²) in [5.74, 6) is 1.44. The molecule has 0 fully saturated rings. The van der Waals surface area contributed by atoms with E-state index in [0.717, 1.165) is 21.5 Å². The third kappa shape index (κ3) is 3.95. The molecule has 1 N–H and O–H groups in total. The first kappa shape index (κ1) is 15.8. The topological polar surface area (TPSA) is 43.4 Å². The van der Waals surface area contributed by atoms with Crippen LogP contribution < -0.4 is 14.8 Å². The van der Waals surface area contributed by atoms with Crippen LogP contribution in [0.3, 0.4) is 0 Å². The Kier molecular flexibility index (Phi) is 5.59. The molecule has 1 atom stereocenters. The first-order valence-electron chi connectivity index (χ1n) is 6.70. The van der Waals surface area contributed by atoms with E-state index in [2.05, 4.69) is 33.2 Å². The lowest BCUT2D eigenvalue weighted by Crippen LogP contribution is -2.19. The predicted octanol–water partition coefficient (Wildman–Crippen LogP) is 3.71. The molecule has 2 rings (SSSR count). The number of rotatable bonds is 6. The van der Waals surface area contributed by atoms with Crippen molar-refractivity contribution in [1.82, 2.24) is 10.3 Å². The minimum Gasteiger partial charge on any atom is -0.493 e. The van der Waals surface area contributed by atoms with Crippen molar-refractivity contribution in [3.8, 4) is 11.5 Å². The summed E-state index contributed by atoms with van der Waals surface area (Å²) in [5, 5.41) is 3.46. The van der Waals surface area contributed by atoms with Crippen LogP contribution in [0, 0.1) is 0 Å². The highest BCUT2D eigenvalue weighted by Gasteiger charge is 2.11. The van der Waals surface area contributed by atoms with Gasteiger partial charge >= 0.3 is 0 Å². The summed E-state index contributed by atoms with van der Waals surface area (Å²) in [6.45, 7) is 2.80. The van der Waals surface area contributed by atoms with Crippen LogP contribution in [-0.4, -0.2) is 19.2 Å². The molecule has 1 aromatic carbocycles. The van der Waals surface area contributed by atoms with Gasteiger partial charge in [0.15, 0.2) is 11.5 Å². The molecule has 1 aromatic heterocycles. The molecule has 0 saturated heterocycles. The van der Waals surface area contributed by atoms with E-state index in [4.69, 9.17) is 9.47 Å². The number of pyridine rings is 1. The summed E-state index contributed by atoms with van der Waals surface area (Å²) in [6.07, 6.45) is 1.81. The van der Waals surface area contributed by atoms with E-state index in [1.807, 2.05) is 30.3 Å². The van der Waals surface area contributed by atoms with Crippen LogP contribution in [0.2, 0.25) is 0 Å². The van der Waals surface area contributed by atoms with Gasteiger partial charge in [-0.15, -0.1) is 0 Å². The number of methoxy groups -OCH3 is 2. The largest absolute Gasteiger partial charge is 0.493 e. The van der Waals surface area contributed by atoms with Crippen molar-refractivity contribution >= 4 is 15.9 Å². The number of benzene rings is 1. The molecule has 1 heterocycles. The highest BCUT2D eigenvalue weighted by atomic mass is 79.9. The number of halogens is 1. The number of ether oxygens (including phenoxy) is 2. The maximum absolute atomic E-state index is 5.34. The minimum atomic E-state index is 0.172. The molecule has 0 aliphatic rings. The smallest absolute Gasteiger partial charge is 0.161 e. The average Bonchev–Trinajstić information content (AvgIpc) is 2.53. The van der Waals surface area contributed by atoms with E-state index < -0.39 is 0 Å². The normalized spacial score (nSPS) is 12.0. The lowest BCUT2D eigenvalue weighted by molar-refractivity contribution is 0.354. The highest BCUT2D eigenvalue weighted by Crippen LogP contribution is 2.33. The quantitative estimate of drug-likeness (QED) is 0.862. The van der Waals surface area contributed by atoms with E-state index in [9.17, 15) is 0 Å². The Balaban J connectivity index is 2.09. The van der Waals surface area contributed by atoms with Crippen molar-refractivity contribution in [1.29, 1.82) is 0 Å². The number of nitrogens with one attached hydrogen (secondary N) is 1. The van der Waals surface area contributed by atoms with Crippen molar-refractivity contribution in [2.24, 2.45) is 0 Å². The molecular formula is C16H19BrN2O2. The molecule has 2 aromatic rings. The van der Waals surface area contributed by atoms with E-state index in [1.165, 1.54) is 0 Å². The Bertz CT molecular complexity index is 590. The van der Waals surface area contributed by atoms with Crippen LogP contribution in [0.4, 0.5) is 0 Å². The van der Waals surface area contributed by atoms with Gasteiger partial charge in [0, 0.05) is 23.3 Å². The van der Waals surface area contributed by atoms with Crippen LogP contribution in [0.1, 0.15) is 24.2 Å². The van der Waals surface area contributed by atoms with Crippen LogP contribution in [0.5, 0.6) is 11.5 Å². The fourth-order valence-electron chi connectivity index (χ4n) is 2.03. The molecule has 4 nitrogen and oxygen atoms in total. The molecule has 5 heteroatoms. The molecule has 1 unspecified atom stereocenters. The summed E-state index contributed by atoms with van der Waals surface area (Å²) in [7, 11) is 3.27. The third-order valence-corrected chi connectivity index (χ3v) is 4.02. The highest BCUT2D eigenvalue weighted by molar-refractivity contribution is 9.10. The molecule has 0 amide bonds. The van der Waals surface area contributed by atoms with Gasteiger partial charge in [-0.25, -0.2) is 0 Å². The van der Waals surface area contributed by atoms with E-state index in [1.54, 1.807) is 20.4 Å². The minimum absolute atomic E-state index is 0.172. The second-order valence-electron chi connectivity index (χ2n) is 4.66. The second-order valence-corrected chi connectivity index (χ2v) is 5.51. The molecule has 112 valence electrons.